The Morgan fingerprint density at radius 2 is 1.71 bits per heavy atom. The average molecular weight is 484 g/mol. The number of rotatable bonds is 7. The minimum Gasteiger partial charge on any atom is -0.496 e. The van der Waals surface area contributed by atoms with Gasteiger partial charge in [-0.2, -0.15) is 0 Å². The largest absolute Gasteiger partial charge is 0.496 e. The lowest BCUT2D eigenvalue weighted by atomic mass is 10.1. The van der Waals surface area contributed by atoms with Gasteiger partial charge in [-0.05, 0) is 66.2 Å². The van der Waals surface area contributed by atoms with Crippen molar-refractivity contribution >= 4 is 35.0 Å². The number of hydrogen-bond donors (Lipinski definition) is 1. The highest BCUT2D eigenvalue weighted by Gasteiger charge is 2.16. The number of halogens is 1. The summed E-state index contributed by atoms with van der Waals surface area (Å²) < 4.78 is 24.9. The molecule has 0 radical (unpaired) electrons. The zero-order valence-corrected chi connectivity index (χ0v) is 19.8. The van der Waals surface area contributed by atoms with Gasteiger partial charge in [-0.1, -0.05) is 48.2 Å². The molecule has 0 unspecified atom stereocenters. The Balaban J connectivity index is 1.31. The van der Waals surface area contributed by atoms with Crippen molar-refractivity contribution in [2.75, 3.05) is 12.4 Å². The minimum atomic E-state index is -0.422. The van der Waals surface area contributed by atoms with Crippen LogP contribution in [0.15, 0.2) is 101 Å². The summed E-state index contributed by atoms with van der Waals surface area (Å²) in [5, 5.41) is 3.41. The molecule has 0 atom stereocenters. The van der Waals surface area contributed by atoms with Crippen LogP contribution in [0.25, 0.3) is 6.08 Å². The van der Waals surface area contributed by atoms with Crippen molar-refractivity contribution in [3.05, 3.63) is 114 Å². The number of carbonyl (C=O) groups excluding carboxylic acids is 1. The topological polar surface area (TPSA) is 47.6 Å². The average Bonchev–Trinajstić information content (AvgIpc) is 2.89. The van der Waals surface area contributed by atoms with E-state index in [4.69, 9.17) is 9.47 Å². The van der Waals surface area contributed by atoms with Gasteiger partial charge in [0.2, 0.25) is 0 Å². The Kier molecular flexibility index (Phi) is 6.55. The summed E-state index contributed by atoms with van der Waals surface area (Å²) in [7, 11) is 1.57. The van der Waals surface area contributed by atoms with Crippen LogP contribution in [-0.4, -0.2) is 12.9 Å². The van der Waals surface area contributed by atoms with E-state index in [-0.39, 0.29) is 18.1 Å². The molecule has 4 aromatic rings. The molecule has 4 nitrogen and oxygen atoms in total. The van der Waals surface area contributed by atoms with Gasteiger partial charge >= 0.3 is 0 Å². The van der Waals surface area contributed by atoms with Crippen LogP contribution in [0.3, 0.4) is 0 Å². The number of fused-ring (bicyclic) bond motifs is 2. The highest BCUT2D eigenvalue weighted by Crippen LogP contribution is 2.44. The zero-order chi connectivity index (χ0) is 24.2. The second-order valence-corrected chi connectivity index (χ2v) is 9.01. The van der Waals surface area contributed by atoms with Crippen LogP contribution in [-0.2, 0) is 6.61 Å². The molecule has 0 saturated heterocycles. The van der Waals surface area contributed by atoms with E-state index in [2.05, 4.69) is 11.4 Å². The first-order valence-electron chi connectivity index (χ1n) is 11.1. The van der Waals surface area contributed by atoms with Crippen LogP contribution in [0.1, 0.15) is 21.5 Å². The maximum absolute atomic E-state index is 13.9. The molecule has 0 saturated carbocycles. The fourth-order valence-corrected chi connectivity index (χ4v) is 4.76. The number of allylic oxidation sites excluding steroid dienone is 1. The quantitative estimate of drug-likeness (QED) is 0.192. The van der Waals surface area contributed by atoms with Crippen molar-refractivity contribution < 1.29 is 18.7 Å². The third kappa shape index (κ3) is 5.08. The van der Waals surface area contributed by atoms with Crippen LogP contribution in [0, 0.1) is 5.82 Å². The zero-order valence-electron chi connectivity index (χ0n) is 19.0. The number of ether oxygens (including phenoxy) is 2. The van der Waals surface area contributed by atoms with Crippen molar-refractivity contribution in [1.29, 1.82) is 0 Å². The fourth-order valence-electron chi connectivity index (χ4n) is 3.79. The van der Waals surface area contributed by atoms with Crippen molar-refractivity contribution in [3.63, 3.8) is 0 Å². The Labute approximate surface area is 207 Å². The predicted molar refractivity (Wildman–Crippen MR) is 137 cm³/mol. The molecule has 1 aliphatic heterocycles. The summed E-state index contributed by atoms with van der Waals surface area (Å²) in [6, 6.07) is 25.6. The Morgan fingerprint density at radius 3 is 2.57 bits per heavy atom. The normalized spacial score (nSPS) is 11.9. The maximum atomic E-state index is 13.9. The van der Waals surface area contributed by atoms with Crippen molar-refractivity contribution in [2.45, 2.75) is 16.4 Å². The van der Waals surface area contributed by atoms with Gasteiger partial charge in [0, 0.05) is 20.9 Å². The number of nitrogens with one attached hydrogen (secondary N) is 1. The lowest BCUT2D eigenvalue weighted by molar-refractivity contribution is 0.104. The molecular formula is C29H22FNO3S. The number of anilines is 2. The summed E-state index contributed by atoms with van der Waals surface area (Å²) >= 11 is 1.68. The molecule has 1 aliphatic rings. The number of hydrogen-bond acceptors (Lipinski definition) is 5. The van der Waals surface area contributed by atoms with Gasteiger partial charge in [0.25, 0.3) is 0 Å². The molecule has 0 fully saturated rings. The van der Waals surface area contributed by atoms with Crippen LogP contribution in [0.2, 0.25) is 0 Å². The molecule has 0 amide bonds. The molecule has 1 heterocycles. The molecule has 6 heteroatoms. The highest BCUT2D eigenvalue weighted by molar-refractivity contribution is 7.99. The molecule has 174 valence electrons. The van der Waals surface area contributed by atoms with Crippen LogP contribution < -0.4 is 14.8 Å². The number of methoxy groups -OCH3 is 1. The van der Waals surface area contributed by atoms with Gasteiger partial charge in [-0.3, -0.25) is 4.79 Å². The molecular weight excluding hydrogens is 461 g/mol. The molecule has 0 aromatic heterocycles. The van der Waals surface area contributed by atoms with Gasteiger partial charge in [0.1, 0.15) is 12.4 Å². The molecule has 5 rings (SSSR count). The van der Waals surface area contributed by atoms with E-state index in [1.165, 1.54) is 6.07 Å². The molecule has 0 aliphatic carbocycles. The Hall–Kier alpha value is -4.03. The first kappa shape index (κ1) is 22.7. The lowest BCUT2D eigenvalue weighted by Crippen LogP contribution is -2.02. The van der Waals surface area contributed by atoms with E-state index in [1.54, 1.807) is 49.2 Å². The summed E-state index contributed by atoms with van der Waals surface area (Å²) in [5.74, 6) is 0.281. The molecule has 1 N–H and O–H groups in total. The summed E-state index contributed by atoms with van der Waals surface area (Å²) in [6.45, 7) is 0.134. The van der Waals surface area contributed by atoms with E-state index < -0.39 is 5.82 Å². The number of carbonyl (C=O) groups is 1. The van der Waals surface area contributed by atoms with Gasteiger partial charge in [0.15, 0.2) is 17.3 Å². The van der Waals surface area contributed by atoms with Crippen LogP contribution in [0.4, 0.5) is 15.8 Å². The second kappa shape index (κ2) is 10.1. The monoisotopic (exact) mass is 483 g/mol. The third-order valence-corrected chi connectivity index (χ3v) is 6.74. The van der Waals surface area contributed by atoms with E-state index in [9.17, 15) is 9.18 Å². The number of benzene rings is 4. The third-order valence-electron chi connectivity index (χ3n) is 5.59. The van der Waals surface area contributed by atoms with Crippen molar-refractivity contribution in [2.24, 2.45) is 0 Å². The Morgan fingerprint density at radius 1 is 0.914 bits per heavy atom. The lowest BCUT2D eigenvalue weighted by Gasteiger charge is -2.20. The summed E-state index contributed by atoms with van der Waals surface area (Å²) in [5.41, 5.74) is 4.12. The van der Waals surface area contributed by atoms with E-state index in [1.807, 2.05) is 54.6 Å². The maximum Gasteiger partial charge on any atom is 0.185 e. The standard InChI is InChI=1S/C29H22FNO3S/c1-33-26-14-11-19(16-21(26)18-34-27-8-4-2-6-22(27)30)10-13-25(32)20-12-15-29-24(17-20)31-23-7-3-5-9-28(23)35-29/h2-17,31H,18H2,1H3/b13-10+. The molecule has 35 heavy (non-hydrogen) atoms. The molecule has 4 aromatic carbocycles. The van der Waals surface area contributed by atoms with Crippen LogP contribution >= 0.6 is 11.8 Å². The first-order valence-corrected chi connectivity index (χ1v) is 11.9. The SMILES string of the molecule is COc1ccc(/C=C/C(=O)c2ccc3c(c2)Nc2ccccc2S3)cc1COc1ccccc1F. The highest BCUT2D eigenvalue weighted by atomic mass is 32.2. The smallest absolute Gasteiger partial charge is 0.185 e. The second-order valence-electron chi connectivity index (χ2n) is 7.92. The molecule has 0 bridgehead atoms. The van der Waals surface area contributed by atoms with Gasteiger partial charge < -0.3 is 14.8 Å². The predicted octanol–water partition coefficient (Wildman–Crippen LogP) is 7.52. The number of ketones is 1. The van der Waals surface area contributed by atoms with Crippen molar-refractivity contribution in [3.8, 4) is 11.5 Å². The first-order chi connectivity index (χ1) is 17.1. The molecule has 0 spiro atoms. The summed E-state index contributed by atoms with van der Waals surface area (Å²) in [4.78, 5) is 15.1. The fraction of sp³-hybridized carbons (Fsp3) is 0.0690. The summed E-state index contributed by atoms with van der Waals surface area (Å²) in [6.07, 6.45) is 3.31. The van der Waals surface area contributed by atoms with Gasteiger partial charge in [0.05, 0.1) is 18.5 Å². The van der Waals surface area contributed by atoms with E-state index in [0.29, 0.717) is 11.3 Å². The van der Waals surface area contributed by atoms with Gasteiger partial charge in [-0.15, -0.1) is 0 Å². The van der Waals surface area contributed by atoms with Crippen LogP contribution in [0.5, 0.6) is 11.5 Å². The van der Waals surface area contributed by atoms with Gasteiger partial charge in [-0.25, -0.2) is 4.39 Å². The minimum absolute atomic E-state index is 0.0987. The van der Waals surface area contributed by atoms with E-state index >= 15 is 0 Å². The Bertz CT molecular complexity index is 1430. The number of para-hydroxylation sites is 2. The van der Waals surface area contributed by atoms with Crippen molar-refractivity contribution in [1.82, 2.24) is 0 Å². The van der Waals surface area contributed by atoms with E-state index in [0.717, 1.165) is 32.3 Å².